The van der Waals surface area contributed by atoms with Crippen LogP contribution in [0.5, 0.6) is 0 Å². The third kappa shape index (κ3) is 1.90. The molecule has 0 aromatic rings. The van der Waals surface area contributed by atoms with Crippen LogP contribution in [0, 0.1) is 35.5 Å². The molecular formula is C18H30O2Si. The van der Waals surface area contributed by atoms with Gasteiger partial charge in [-0.25, -0.2) is 0 Å². The van der Waals surface area contributed by atoms with Gasteiger partial charge in [-0.2, -0.15) is 0 Å². The Hall–Kier alpha value is -0.123. The van der Waals surface area contributed by atoms with Crippen LogP contribution in [0.4, 0.5) is 0 Å². The number of rotatable bonds is 6. The van der Waals surface area contributed by atoms with E-state index < -0.39 is 8.56 Å². The summed E-state index contributed by atoms with van der Waals surface area (Å²) in [7, 11) is -2.00. The normalized spacial score (nSPS) is 46.5. The highest BCUT2D eigenvalue weighted by Gasteiger charge is 2.65. The lowest BCUT2D eigenvalue weighted by Gasteiger charge is -2.44. The van der Waals surface area contributed by atoms with E-state index in [1.165, 1.54) is 19.3 Å². The molecule has 0 amide bonds. The zero-order chi connectivity index (χ0) is 14.6. The summed E-state index contributed by atoms with van der Waals surface area (Å²) in [5.41, 5.74) is 0.765. The summed E-state index contributed by atoms with van der Waals surface area (Å²) in [4.78, 5) is 0. The molecule has 0 spiro atoms. The molecule has 118 valence electrons. The Morgan fingerprint density at radius 2 is 1.57 bits per heavy atom. The van der Waals surface area contributed by atoms with Crippen molar-refractivity contribution >= 4 is 8.56 Å². The molecule has 21 heavy (non-hydrogen) atoms. The topological polar surface area (TPSA) is 18.5 Å². The molecule has 2 nitrogen and oxygen atoms in total. The van der Waals surface area contributed by atoms with E-state index in [-0.39, 0.29) is 0 Å². The van der Waals surface area contributed by atoms with Gasteiger partial charge in [-0.1, -0.05) is 19.1 Å². The Kier molecular flexibility index (Phi) is 3.59. The SMILES string of the molecule is CCO[Si](CC)(OCC)C1CC2CC1C1C3C=CC(C3)C21. The molecule has 0 N–H and O–H groups in total. The van der Waals surface area contributed by atoms with Crippen molar-refractivity contribution in [2.24, 2.45) is 35.5 Å². The van der Waals surface area contributed by atoms with Crippen LogP contribution < -0.4 is 0 Å². The Labute approximate surface area is 130 Å². The van der Waals surface area contributed by atoms with Gasteiger partial charge in [0.05, 0.1) is 0 Å². The summed E-state index contributed by atoms with van der Waals surface area (Å²) in [6.07, 6.45) is 9.42. The van der Waals surface area contributed by atoms with Crippen molar-refractivity contribution in [2.75, 3.05) is 13.2 Å². The molecule has 3 heteroatoms. The quantitative estimate of drug-likeness (QED) is 0.412. The van der Waals surface area contributed by atoms with Crippen LogP contribution in [0.15, 0.2) is 12.2 Å². The van der Waals surface area contributed by atoms with Crippen LogP contribution in [0.25, 0.3) is 0 Å². The molecule has 0 radical (unpaired) electrons. The minimum atomic E-state index is -2.00. The van der Waals surface area contributed by atoms with E-state index in [0.717, 1.165) is 60.3 Å². The molecule has 4 rings (SSSR count). The van der Waals surface area contributed by atoms with Gasteiger partial charge in [0.2, 0.25) is 0 Å². The first-order chi connectivity index (χ1) is 10.2. The van der Waals surface area contributed by atoms with E-state index >= 15 is 0 Å². The van der Waals surface area contributed by atoms with Crippen molar-refractivity contribution in [3.63, 3.8) is 0 Å². The van der Waals surface area contributed by atoms with E-state index in [1.54, 1.807) is 0 Å². The van der Waals surface area contributed by atoms with Crippen molar-refractivity contribution in [3.05, 3.63) is 12.2 Å². The van der Waals surface area contributed by atoms with Crippen LogP contribution in [0.1, 0.15) is 40.0 Å². The average molecular weight is 307 g/mol. The van der Waals surface area contributed by atoms with Gasteiger partial charge in [-0.15, -0.1) is 0 Å². The first-order valence-electron chi connectivity index (χ1n) is 9.20. The van der Waals surface area contributed by atoms with Crippen molar-refractivity contribution in [1.29, 1.82) is 0 Å². The zero-order valence-corrected chi connectivity index (χ0v) is 14.8. The second kappa shape index (κ2) is 5.21. The highest BCUT2D eigenvalue weighted by atomic mass is 28.4. The highest BCUT2D eigenvalue weighted by Crippen LogP contribution is 2.70. The van der Waals surface area contributed by atoms with Gasteiger partial charge < -0.3 is 8.85 Å². The fraction of sp³-hybridized carbons (Fsp3) is 0.889. The zero-order valence-electron chi connectivity index (χ0n) is 13.8. The molecule has 7 atom stereocenters. The predicted octanol–water partition coefficient (Wildman–Crippen LogP) is 4.37. The molecule has 3 saturated carbocycles. The predicted molar refractivity (Wildman–Crippen MR) is 87.2 cm³/mol. The van der Waals surface area contributed by atoms with Gasteiger partial charge in [0.15, 0.2) is 0 Å². The van der Waals surface area contributed by atoms with E-state index in [9.17, 15) is 0 Å². The van der Waals surface area contributed by atoms with Crippen molar-refractivity contribution in [1.82, 2.24) is 0 Å². The molecule has 4 aliphatic rings. The van der Waals surface area contributed by atoms with Crippen LogP contribution >= 0.6 is 0 Å². The molecular weight excluding hydrogens is 276 g/mol. The van der Waals surface area contributed by atoms with Gasteiger partial charge in [0.1, 0.15) is 0 Å². The van der Waals surface area contributed by atoms with Gasteiger partial charge in [-0.3, -0.25) is 0 Å². The van der Waals surface area contributed by atoms with Crippen molar-refractivity contribution < 1.29 is 8.85 Å². The molecule has 0 saturated heterocycles. The van der Waals surface area contributed by atoms with E-state index in [1.807, 2.05) is 0 Å². The highest BCUT2D eigenvalue weighted by molar-refractivity contribution is 6.69. The molecule has 3 fully saturated rings. The maximum Gasteiger partial charge on any atom is 0.341 e. The largest absolute Gasteiger partial charge is 0.394 e. The summed E-state index contributed by atoms with van der Waals surface area (Å²) in [5, 5.41) is 0. The number of fused-ring (bicyclic) bond motifs is 9. The molecule has 7 unspecified atom stereocenters. The lowest BCUT2D eigenvalue weighted by molar-refractivity contribution is 0.133. The van der Waals surface area contributed by atoms with Gasteiger partial charge in [0, 0.05) is 18.8 Å². The van der Waals surface area contributed by atoms with E-state index in [4.69, 9.17) is 8.85 Å². The monoisotopic (exact) mass is 306 g/mol. The van der Waals surface area contributed by atoms with Crippen LogP contribution in [0.3, 0.4) is 0 Å². The Morgan fingerprint density at radius 3 is 2.19 bits per heavy atom. The van der Waals surface area contributed by atoms with Crippen LogP contribution in [0.2, 0.25) is 11.6 Å². The maximum absolute atomic E-state index is 6.38. The van der Waals surface area contributed by atoms with Crippen molar-refractivity contribution in [2.45, 2.75) is 51.6 Å². The van der Waals surface area contributed by atoms with Crippen LogP contribution in [-0.4, -0.2) is 21.8 Å². The lowest BCUT2D eigenvalue weighted by atomic mass is 9.73. The Balaban J connectivity index is 1.61. The smallest absolute Gasteiger partial charge is 0.341 e. The maximum atomic E-state index is 6.38. The van der Waals surface area contributed by atoms with Gasteiger partial charge in [0.25, 0.3) is 0 Å². The van der Waals surface area contributed by atoms with Crippen LogP contribution in [-0.2, 0) is 8.85 Å². The van der Waals surface area contributed by atoms with Gasteiger partial charge in [-0.05, 0) is 74.7 Å². The summed E-state index contributed by atoms with van der Waals surface area (Å²) >= 11 is 0. The molecule has 0 aliphatic heterocycles. The Bertz CT molecular complexity index is 429. The minimum absolute atomic E-state index is 0.765. The van der Waals surface area contributed by atoms with E-state index in [2.05, 4.69) is 32.9 Å². The summed E-state index contributed by atoms with van der Waals surface area (Å²) in [6, 6.07) is 1.13. The molecule has 4 bridgehead atoms. The number of hydrogen-bond donors (Lipinski definition) is 0. The Morgan fingerprint density at radius 1 is 0.905 bits per heavy atom. The standard InChI is InChI=1S/C18H30O2Si/c1-4-19-21(6-3,20-5-2)16-11-14-10-15(16)18-13-8-7-12(9-13)17(14)18/h7-8,12-18H,4-6,9-11H2,1-3H3. The lowest BCUT2D eigenvalue weighted by Crippen LogP contribution is -2.50. The van der Waals surface area contributed by atoms with Gasteiger partial charge >= 0.3 is 8.56 Å². The summed E-state index contributed by atoms with van der Waals surface area (Å²) in [6.45, 7) is 8.25. The second-order valence-electron chi connectivity index (χ2n) is 7.64. The molecule has 4 aliphatic carbocycles. The summed E-state index contributed by atoms with van der Waals surface area (Å²) < 4.78 is 12.8. The first-order valence-corrected chi connectivity index (χ1v) is 11.3. The first kappa shape index (κ1) is 14.5. The molecule has 0 aromatic carbocycles. The second-order valence-corrected chi connectivity index (χ2v) is 11.3. The third-order valence-electron chi connectivity index (χ3n) is 7.11. The number of allylic oxidation sites excluding steroid dienone is 2. The summed E-state index contributed by atoms with van der Waals surface area (Å²) in [5.74, 6) is 5.70. The third-order valence-corrected chi connectivity index (χ3v) is 11.4. The molecule has 0 aromatic heterocycles. The minimum Gasteiger partial charge on any atom is -0.394 e. The van der Waals surface area contributed by atoms with Crippen molar-refractivity contribution in [3.8, 4) is 0 Å². The molecule has 0 heterocycles. The van der Waals surface area contributed by atoms with E-state index in [0.29, 0.717) is 0 Å². The fourth-order valence-corrected chi connectivity index (χ4v) is 10.8. The fourth-order valence-electron chi connectivity index (χ4n) is 6.73. The average Bonchev–Trinajstić information content (AvgIpc) is 3.24. The number of hydrogen-bond acceptors (Lipinski definition) is 2.